The highest BCUT2D eigenvalue weighted by atomic mass is 32.2. The van der Waals surface area contributed by atoms with Gasteiger partial charge in [0.05, 0.1) is 0 Å². The molecule has 0 saturated carbocycles. The lowest BCUT2D eigenvalue weighted by Crippen LogP contribution is -2.24. The van der Waals surface area contributed by atoms with Crippen LogP contribution in [0.25, 0.3) is 17.2 Å². The maximum absolute atomic E-state index is 4.65. The van der Waals surface area contributed by atoms with Crippen LogP contribution in [0.5, 0.6) is 0 Å². The summed E-state index contributed by atoms with van der Waals surface area (Å²) in [4.78, 5) is 15.6. The minimum absolute atomic E-state index is 0.629. The predicted octanol–water partition coefficient (Wildman–Crippen LogP) is 3.14. The van der Waals surface area contributed by atoms with Crippen molar-refractivity contribution in [1.82, 2.24) is 24.6 Å². The first-order chi connectivity index (χ1) is 11.3. The normalized spacial score (nSPS) is 11.1. The summed E-state index contributed by atoms with van der Waals surface area (Å²) in [6, 6.07) is 5.94. The van der Waals surface area contributed by atoms with E-state index in [1.54, 1.807) is 24.2 Å². The molecule has 0 aliphatic carbocycles. The maximum Gasteiger partial charge on any atom is 0.255 e. The summed E-state index contributed by atoms with van der Waals surface area (Å²) in [5.41, 5.74) is 0.896. The van der Waals surface area contributed by atoms with E-state index in [4.69, 9.17) is 0 Å². The molecule has 120 valence electrons. The van der Waals surface area contributed by atoms with Crippen LogP contribution in [0, 0.1) is 0 Å². The second-order valence-electron chi connectivity index (χ2n) is 4.95. The van der Waals surface area contributed by atoms with Crippen LogP contribution in [0.15, 0.2) is 35.6 Å². The van der Waals surface area contributed by atoms with E-state index in [0.29, 0.717) is 11.6 Å². The van der Waals surface area contributed by atoms with Crippen LogP contribution in [-0.2, 0) is 0 Å². The molecule has 0 aliphatic rings. The van der Waals surface area contributed by atoms with E-state index < -0.39 is 0 Å². The van der Waals surface area contributed by atoms with Gasteiger partial charge in [0, 0.05) is 37.1 Å². The third-order valence-corrected chi connectivity index (χ3v) is 4.36. The van der Waals surface area contributed by atoms with E-state index in [-0.39, 0.29) is 0 Å². The summed E-state index contributed by atoms with van der Waals surface area (Å²) in [5.74, 6) is 3.28. The second-order valence-corrected chi connectivity index (χ2v) is 6.23. The molecule has 7 heteroatoms. The maximum atomic E-state index is 4.65. The number of hydrogen-bond acceptors (Lipinski definition) is 6. The average Bonchev–Trinajstić information content (AvgIpc) is 3.01. The van der Waals surface area contributed by atoms with Gasteiger partial charge in [0.15, 0.2) is 5.82 Å². The zero-order chi connectivity index (χ0) is 16.2. The Bertz CT molecular complexity index is 782. The molecule has 3 aromatic rings. The van der Waals surface area contributed by atoms with Crippen LogP contribution in [0.3, 0.4) is 0 Å². The monoisotopic (exact) mass is 328 g/mol. The molecule has 0 bridgehead atoms. The number of thioether (sulfide) groups is 1. The zero-order valence-corrected chi connectivity index (χ0v) is 14.4. The largest absolute Gasteiger partial charge is 0.357 e. The van der Waals surface area contributed by atoms with Gasteiger partial charge in [-0.05, 0) is 31.7 Å². The molecule has 0 atom stereocenters. The molecule has 0 radical (unpaired) electrons. The van der Waals surface area contributed by atoms with Crippen molar-refractivity contribution in [3.05, 3.63) is 30.6 Å². The van der Waals surface area contributed by atoms with Crippen LogP contribution in [0.4, 0.5) is 5.82 Å². The summed E-state index contributed by atoms with van der Waals surface area (Å²) in [5, 5.41) is 5.63. The quantitative estimate of drug-likeness (QED) is 0.512. The van der Waals surface area contributed by atoms with E-state index >= 15 is 0 Å². The van der Waals surface area contributed by atoms with Crippen LogP contribution < -0.4 is 4.90 Å². The van der Waals surface area contributed by atoms with Gasteiger partial charge in [0.2, 0.25) is 0 Å². The Labute approximate surface area is 140 Å². The fourth-order valence-corrected chi connectivity index (χ4v) is 3.08. The first-order valence-corrected chi connectivity index (χ1v) is 8.81. The van der Waals surface area contributed by atoms with Crippen LogP contribution >= 0.6 is 11.8 Å². The van der Waals surface area contributed by atoms with Crippen molar-refractivity contribution in [1.29, 1.82) is 0 Å². The Morgan fingerprint density at radius 2 is 2.00 bits per heavy atom. The van der Waals surface area contributed by atoms with Crippen molar-refractivity contribution in [2.24, 2.45) is 0 Å². The number of fused-ring (bicyclic) bond motifs is 1. The third kappa shape index (κ3) is 3.14. The Morgan fingerprint density at radius 1 is 1.17 bits per heavy atom. The zero-order valence-electron chi connectivity index (χ0n) is 13.6. The standard InChI is InChI=1S/C16H20N6S/c1-4-21(5-2)14-10-13(23-6-3)18-16-19-15(20-22(14)16)12-8-7-9-17-11-12/h7-11H,4-6H2,1-3H3. The molecular formula is C16H20N6S. The van der Waals surface area contributed by atoms with Gasteiger partial charge in [-0.1, -0.05) is 6.92 Å². The summed E-state index contributed by atoms with van der Waals surface area (Å²) >= 11 is 1.72. The van der Waals surface area contributed by atoms with E-state index in [2.05, 4.69) is 51.8 Å². The molecule has 23 heavy (non-hydrogen) atoms. The van der Waals surface area contributed by atoms with Crippen molar-refractivity contribution in [2.45, 2.75) is 25.8 Å². The van der Waals surface area contributed by atoms with Gasteiger partial charge in [-0.15, -0.1) is 16.9 Å². The number of nitrogens with zero attached hydrogens (tertiary/aromatic N) is 6. The topological polar surface area (TPSA) is 59.2 Å². The lowest BCUT2D eigenvalue weighted by Gasteiger charge is -2.21. The number of hydrogen-bond donors (Lipinski definition) is 0. The fourth-order valence-electron chi connectivity index (χ4n) is 2.44. The Morgan fingerprint density at radius 3 is 2.65 bits per heavy atom. The van der Waals surface area contributed by atoms with Gasteiger partial charge in [-0.3, -0.25) is 4.98 Å². The Balaban J connectivity index is 2.17. The van der Waals surface area contributed by atoms with E-state index in [0.717, 1.165) is 35.2 Å². The van der Waals surface area contributed by atoms with Crippen molar-refractivity contribution < 1.29 is 0 Å². The lowest BCUT2D eigenvalue weighted by molar-refractivity contribution is 0.791. The molecule has 0 unspecified atom stereocenters. The minimum Gasteiger partial charge on any atom is -0.357 e. The minimum atomic E-state index is 0.629. The van der Waals surface area contributed by atoms with Crippen molar-refractivity contribution >= 4 is 23.4 Å². The number of pyridine rings is 1. The van der Waals surface area contributed by atoms with Gasteiger partial charge in [0.1, 0.15) is 10.8 Å². The van der Waals surface area contributed by atoms with Gasteiger partial charge in [-0.2, -0.15) is 9.50 Å². The van der Waals surface area contributed by atoms with Gasteiger partial charge in [-0.25, -0.2) is 4.98 Å². The highest BCUT2D eigenvalue weighted by molar-refractivity contribution is 7.99. The number of aromatic nitrogens is 5. The van der Waals surface area contributed by atoms with Crippen molar-refractivity contribution in [2.75, 3.05) is 23.7 Å². The molecule has 3 rings (SSSR count). The molecule has 0 fully saturated rings. The number of anilines is 1. The molecule has 0 aliphatic heterocycles. The summed E-state index contributed by atoms with van der Waals surface area (Å²) in [7, 11) is 0. The van der Waals surface area contributed by atoms with Crippen molar-refractivity contribution in [3.63, 3.8) is 0 Å². The predicted molar refractivity (Wildman–Crippen MR) is 94.0 cm³/mol. The summed E-state index contributed by atoms with van der Waals surface area (Å²) in [6.45, 7) is 8.23. The molecule has 0 spiro atoms. The summed E-state index contributed by atoms with van der Waals surface area (Å²) < 4.78 is 1.83. The SMILES string of the molecule is CCSc1cc(N(CC)CC)n2nc(-c3cccnc3)nc2n1. The van der Waals surface area contributed by atoms with Gasteiger partial charge >= 0.3 is 0 Å². The van der Waals surface area contributed by atoms with E-state index in [1.807, 2.05) is 16.6 Å². The average molecular weight is 328 g/mol. The van der Waals surface area contributed by atoms with Crippen molar-refractivity contribution in [3.8, 4) is 11.4 Å². The highest BCUT2D eigenvalue weighted by Crippen LogP contribution is 2.25. The first kappa shape index (κ1) is 15.7. The van der Waals surface area contributed by atoms with Gasteiger partial charge < -0.3 is 4.90 Å². The second kappa shape index (κ2) is 6.95. The molecule has 3 aromatic heterocycles. The Kier molecular flexibility index (Phi) is 4.76. The number of rotatable bonds is 6. The lowest BCUT2D eigenvalue weighted by atomic mass is 10.3. The molecule has 0 amide bonds. The van der Waals surface area contributed by atoms with Crippen LogP contribution in [-0.4, -0.2) is 43.4 Å². The van der Waals surface area contributed by atoms with E-state index in [1.165, 1.54) is 0 Å². The molecule has 3 heterocycles. The molecule has 0 aromatic carbocycles. The molecular weight excluding hydrogens is 308 g/mol. The molecule has 0 N–H and O–H groups in total. The summed E-state index contributed by atoms with van der Waals surface area (Å²) in [6.07, 6.45) is 3.52. The van der Waals surface area contributed by atoms with Gasteiger partial charge in [0.25, 0.3) is 5.78 Å². The fraction of sp³-hybridized carbons (Fsp3) is 0.375. The Hall–Kier alpha value is -2.15. The van der Waals surface area contributed by atoms with Crippen LogP contribution in [0.2, 0.25) is 0 Å². The molecule has 6 nitrogen and oxygen atoms in total. The van der Waals surface area contributed by atoms with Crippen LogP contribution in [0.1, 0.15) is 20.8 Å². The third-order valence-electron chi connectivity index (χ3n) is 3.57. The first-order valence-electron chi connectivity index (χ1n) is 7.82. The van der Waals surface area contributed by atoms with E-state index in [9.17, 15) is 0 Å². The smallest absolute Gasteiger partial charge is 0.255 e. The molecule has 0 saturated heterocycles. The highest BCUT2D eigenvalue weighted by Gasteiger charge is 2.15.